The molecule has 0 radical (unpaired) electrons. The molecule has 6 nitrogen and oxygen atoms in total. The first-order valence-corrected chi connectivity index (χ1v) is 7.61. The molecule has 0 amide bonds. The Labute approximate surface area is 166 Å². The van der Waals surface area contributed by atoms with Crippen LogP contribution in [0, 0.1) is 21.7 Å². The zero-order chi connectivity index (χ0) is 18.2. The van der Waals surface area contributed by atoms with Crippen molar-refractivity contribution in [1.29, 1.82) is 0 Å². The minimum Gasteiger partial charge on any atom is -0.356 e. The molecule has 0 aliphatic carbocycles. The summed E-state index contributed by atoms with van der Waals surface area (Å²) in [6.07, 6.45) is 0.293. The average Bonchev–Trinajstić information content (AvgIpc) is 2.61. The number of nitro groups is 1. The molecule has 0 aliphatic rings. The van der Waals surface area contributed by atoms with Crippen molar-refractivity contribution in [3.8, 4) is 0 Å². The van der Waals surface area contributed by atoms with E-state index in [0.717, 1.165) is 23.8 Å². The second kappa shape index (κ2) is 10.6. The van der Waals surface area contributed by atoms with Crippen molar-refractivity contribution >= 4 is 35.6 Å². The van der Waals surface area contributed by atoms with E-state index in [4.69, 9.17) is 0 Å². The first kappa shape index (κ1) is 21.7. The summed E-state index contributed by atoms with van der Waals surface area (Å²) in [6, 6.07) is 9.60. The summed E-state index contributed by atoms with van der Waals surface area (Å²) < 4.78 is 26.7. The van der Waals surface area contributed by atoms with E-state index in [1.54, 1.807) is 19.2 Å². The van der Waals surface area contributed by atoms with Gasteiger partial charge in [0.05, 0.1) is 4.92 Å². The molecular formula is C17H19F2IN4O2. The third-order valence-electron chi connectivity index (χ3n) is 3.50. The number of aliphatic imine (C=N–C) groups is 1. The van der Waals surface area contributed by atoms with Crippen molar-refractivity contribution in [1.82, 2.24) is 10.6 Å². The highest BCUT2D eigenvalue weighted by molar-refractivity contribution is 14.0. The van der Waals surface area contributed by atoms with Gasteiger partial charge in [-0.2, -0.15) is 0 Å². The average molecular weight is 476 g/mol. The number of nitro benzene ring substituents is 1. The van der Waals surface area contributed by atoms with Crippen molar-refractivity contribution in [3.05, 3.63) is 75.3 Å². The fraction of sp³-hybridized carbons (Fsp3) is 0.235. The molecule has 0 saturated carbocycles. The molecule has 9 heteroatoms. The van der Waals surface area contributed by atoms with Gasteiger partial charge in [0.25, 0.3) is 5.69 Å². The standard InChI is InChI=1S/C17H18F2N4O2.HI/c1-20-17(21-8-7-13-10-14(18)5-6-16(13)19)22-11-12-3-2-4-15(9-12)23(24)25;/h2-6,9-10H,7-8,11H2,1H3,(H2,20,21,22);1H. The van der Waals surface area contributed by atoms with E-state index in [1.165, 1.54) is 12.1 Å². The molecular weight excluding hydrogens is 457 g/mol. The Morgan fingerprint density at radius 1 is 1.19 bits per heavy atom. The maximum atomic E-state index is 13.6. The van der Waals surface area contributed by atoms with Gasteiger partial charge < -0.3 is 10.6 Å². The second-order valence-electron chi connectivity index (χ2n) is 5.27. The lowest BCUT2D eigenvalue weighted by Crippen LogP contribution is -2.37. The number of halogens is 3. The molecule has 2 rings (SSSR count). The molecule has 0 atom stereocenters. The van der Waals surface area contributed by atoms with E-state index in [2.05, 4.69) is 15.6 Å². The number of rotatable bonds is 6. The van der Waals surface area contributed by atoms with Crippen LogP contribution in [0.25, 0.3) is 0 Å². The maximum Gasteiger partial charge on any atom is 0.269 e. The summed E-state index contributed by atoms with van der Waals surface area (Å²) in [5, 5.41) is 16.8. The van der Waals surface area contributed by atoms with E-state index in [1.807, 2.05) is 0 Å². The van der Waals surface area contributed by atoms with Gasteiger partial charge in [0.1, 0.15) is 11.6 Å². The Balaban J connectivity index is 0.00000338. The predicted molar refractivity (Wildman–Crippen MR) is 107 cm³/mol. The van der Waals surface area contributed by atoms with Crippen molar-refractivity contribution in [2.24, 2.45) is 4.99 Å². The van der Waals surface area contributed by atoms with Crippen LogP contribution in [0.4, 0.5) is 14.5 Å². The second-order valence-corrected chi connectivity index (χ2v) is 5.27. The van der Waals surface area contributed by atoms with E-state index in [0.29, 0.717) is 25.5 Å². The molecule has 26 heavy (non-hydrogen) atoms. The van der Waals surface area contributed by atoms with Crippen LogP contribution in [0.5, 0.6) is 0 Å². The lowest BCUT2D eigenvalue weighted by Gasteiger charge is -2.12. The normalized spacial score (nSPS) is 10.8. The molecule has 2 N–H and O–H groups in total. The summed E-state index contributed by atoms with van der Waals surface area (Å²) in [7, 11) is 1.57. The maximum absolute atomic E-state index is 13.6. The molecule has 2 aromatic rings. The number of benzene rings is 2. The smallest absolute Gasteiger partial charge is 0.269 e. The number of nitrogens with zero attached hydrogens (tertiary/aromatic N) is 2. The number of hydrogen-bond donors (Lipinski definition) is 2. The van der Waals surface area contributed by atoms with Gasteiger partial charge in [-0.05, 0) is 35.7 Å². The Hall–Kier alpha value is -2.30. The minimum atomic E-state index is -0.482. The highest BCUT2D eigenvalue weighted by Crippen LogP contribution is 2.13. The van der Waals surface area contributed by atoms with Gasteiger partial charge in [-0.3, -0.25) is 15.1 Å². The lowest BCUT2D eigenvalue weighted by atomic mass is 10.1. The number of nitrogens with one attached hydrogen (secondary N) is 2. The van der Waals surface area contributed by atoms with Gasteiger partial charge in [0.2, 0.25) is 0 Å². The quantitative estimate of drug-likeness (QED) is 0.220. The minimum absolute atomic E-state index is 0. The fourth-order valence-corrected chi connectivity index (χ4v) is 2.24. The van der Waals surface area contributed by atoms with Crippen molar-refractivity contribution < 1.29 is 13.7 Å². The molecule has 0 fully saturated rings. The van der Waals surface area contributed by atoms with Gasteiger partial charge in [-0.1, -0.05) is 12.1 Å². The Kier molecular flexibility index (Phi) is 8.90. The summed E-state index contributed by atoms with van der Waals surface area (Å²) in [5.41, 5.74) is 1.03. The van der Waals surface area contributed by atoms with Crippen LogP contribution in [0.2, 0.25) is 0 Å². The number of guanidine groups is 1. The monoisotopic (exact) mass is 476 g/mol. The molecule has 0 bridgehead atoms. The molecule has 0 heterocycles. The molecule has 0 unspecified atom stereocenters. The summed E-state index contributed by atoms with van der Waals surface area (Å²) >= 11 is 0. The topological polar surface area (TPSA) is 79.6 Å². The van der Waals surface area contributed by atoms with Crippen LogP contribution in [0.3, 0.4) is 0 Å². The third-order valence-corrected chi connectivity index (χ3v) is 3.50. The summed E-state index contributed by atoms with van der Waals surface area (Å²) in [6.45, 7) is 0.699. The SMILES string of the molecule is CN=C(NCCc1cc(F)ccc1F)NCc1cccc([N+](=O)[O-])c1.I. The van der Waals surface area contributed by atoms with Gasteiger partial charge >= 0.3 is 0 Å². The van der Waals surface area contributed by atoms with E-state index < -0.39 is 16.6 Å². The van der Waals surface area contributed by atoms with Crippen molar-refractivity contribution in [2.45, 2.75) is 13.0 Å². The highest BCUT2D eigenvalue weighted by atomic mass is 127. The van der Waals surface area contributed by atoms with E-state index >= 15 is 0 Å². The van der Waals surface area contributed by atoms with Crippen molar-refractivity contribution in [3.63, 3.8) is 0 Å². The van der Waals surface area contributed by atoms with Crippen molar-refractivity contribution in [2.75, 3.05) is 13.6 Å². The first-order chi connectivity index (χ1) is 12.0. The number of hydrogen-bond acceptors (Lipinski definition) is 3. The molecule has 2 aromatic carbocycles. The van der Waals surface area contributed by atoms with Gasteiger partial charge in [0, 0.05) is 32.3 Å². The molecule has 0 aromatic heterocycles. The van der Waals surface area contributed by atoms with Crippen LogP contribution >= 0.6 is 24.0 Å². The summed E-state index contributed by atoms with van der Waals surface area (Å²) in [4.78, 5) is 14.3. The van der Waals surface area contributed by atoms with Gasteiger partial charge in [-0.25, -0.2) is 8.78 Å². The fourth-order valence-electron chi connectivity index (χ4n) is 2.24. The van der Waals surface area contributed by atoms with Crippen LogP contribution in [0.1, 0.15) is 11.1 Å². The molecule has 0 saturated heterocycles. The predicted octanol–water partition coefficient (Wildman–Crippen LogP) is 3.40. The third kappa shape index (κ3) is 6.54. The van der Waals surface area contributed by atoms with Crippen LogP contribution in [-0.4, -0.2) is 24.5 Å². The summed E-state index contributed by atoms with van der Waals surface area (Å²) in [5.74, 6) is -0.476. The van der Waals surface area contributed by atoms with Crippen LogP contribution in [-0.2, 0) is 13.0 Å². The van der Waals surface area contributed by atoms with Crippen LogP contribution < -0.4 is 10.6 Å². The zero-order valence-corrected chi connectivity index (χ0v) is 16.4. The highest BCUT2D eigenvalue weighted by Gasteiger charge is 2.07. The molecule has 0 spiro atoms. The molecule has 140 valence electrons. The van der Waals surface area contributed by atoms with E-state index in [9.17, 15) is 18.9 Å². The zero-order valence-electron chi connectivity index (χ0n) is 14.0. The Morgan fingerprint density at radius 2 is 1.96 bits per heavy atom. The lowest BCUT2D eigenvalue weighted by molar-refractivity contribution is -0.384. The van der Waals surface area contributed by atoms with E-state index in [-0.39, 0.29) is 35.2 Å². The Bertz CT molecular complexity index is 787. The van der Waals surface area contributed by atoms with Crippen LogP contribution in [0.15, 0.2) is 47.5 Å². The van der Waals surface area contributed by atoms with Gasteiger partial charge in [0.15, 0.2) is 5.96 Å². The first-order valence-electron chi connectivity index (χ1n) is 7.61. The Morgan fingerprint density at radius 3 is 2.65 bits per heavy atom. The molecule has 0 aliphatic heterocycles. The number of non-ortho nitro benzene ring substituents is 1. The largest absolute Gasteiger partial charge is 0.356 e. The van der Waals surface area contributed by atoms with Gasteiger partial charge in [-0.15, -0.1) is 24.0 Å².